The van der Waals surface area contributed by atoms with Gasteiger partial charge in [0.15, 0.2) is 8.32 Å². The summed E-state index contributed by atoms with van der Waals surface area (Å²) in [5.41, 5.74) is 9.27. The lowest BCUT2D eigenvalue weighted by Gasteiger charge is -2.40. The zero-order chi connectivity index (χ0) is 36.1. The lowest BCUT2D eigenvalue weighted by Crippen LogP contribution is -2.47. The van der Waals surface area contributed by atoms with Gasteiger partial charge in [-0.25, -0.2) is 4.79 Å². The lowest BCUT2D eigenvalue weighted by atomic mass is 9.80. The Bertz CT molecular complexity index is 1870. The summed E-state index contributed by atoms with van der Waals surface area (Å²) in [5, 5.41) is 3.42. The Hall–Kier alpha value is -4.65. The third kappa shape index (κ3) is 7.57. The van der Waals surface area contributed by atoms with E-state index in [1.54, 1.807) is 14.2 Å². The summed E-state index contributed by atoms with van der Waals surface area (Å²) < 4.78 is 33.1. The zero-order valence-corrected chi connectivity index (χ0v) is 30.6. The van der Waals surface area contributed by atoms with Crippen LogP contribution in [0.3, 0.4) is 0 Å². The first-order valence-electron chi connectivity index (χ1n) is 16.5. The number of nitrogens with one attached hydrogen (secondary N) is 1. The van der Waals surface area contributed by atoms with E-state index in [-0.39, 0.29) is 23.8 Å². The van der Waals surface area contributed by atoms with Crippen LogP contribution in [0, 0.1) is 0 Å². The molecule has 1 aliphatic rings. The molecule has 2 heterocycles. The number of methoxy groups -OCH3 is 2. The first-order chi connectivity index (χ1) is 23.8. The van der Waals surface area contributed by atoms with Crippen LogP contribution in [-0.2, 0) is 26.0 Å². The molecule has 13 heteroatoms. The fourth-order valence-corrected chi connectivity index (χ4v) is 7.30. The number of hydrogen-bond donors (Lipinski definition) is 1. The Balaban J connectivity index is 1.60. The molecule has 1 aliphatic heterocycles. The molecule has 1 fully saturated rings. The van der Waals surface area contributed by atoms with Gasteiger partial charge in [0, 0.05) is 23.1 Å². The highest BCUT2D eigenvalue weighted by Crippen LogP contribution is 2.44. The van der Waals surface area contributed by atoms with Gasteiger partial charge in [0.25, 0.3) is 5.56 Å². The van der Waals surface area contributed by atoms with E-state index in [9.17, 15) is 9.59 Å². The molecule has 0 amide bonds. The second-order valence-corrected chi connectivity index (χ2v) is 18.6. The molecular formula is C37H45N5O7Si. The maximum atomic E-state index is 13.1. The van der Waals surface area contributed by atoms with E-state index in [0.29, 0.717) is 17.9 Å². The molecule has 0 unspecified atom stereocenters. The molecule has 3 atom stereocenters. The minimum atomic E-state index is -2.34. The van der Waals surface area contributed by atoms with E-state index in [1.165, 1.54) is 10.8 Å². The van der Waals surface area contributed by atoms with Crippen molar-refractivity contribution in [3.63, 3.8) is 0 Å². The molecule has 1 N–H and O–H groups in total. The minimum Gasteiger partial charge on any atom is -0.497 e. The maximum absolute atomic E-state index is 13.1. The van der Waals surface area contributed by atoms with Crippen molar-refractivity contribution in [2.45, 2.75) is 75.9 Å². The standard InChI is InChI=1S/C37H45N5O7Si/c1-36(2,3)50(6,7)49-31-21-33(42-23-25(22-39-41-38)34(43)40-35(42)44)48-32(31)24-47-37(26-11-9-8-10-12-26,27-13-17-29(45-4)18-14-27)28-15-19-30(46-5)20-16-28/h8-20,23,31-33H,21-22,24H2,1-7H3,(H,40,43,44)/t31-,32+,33+/m0/s1. The molecule has 1 aromatic heterocycles. The molecule has 12 nitrogen and oxygen atoms in total. The summed E-state index contributed by atoms with van der Waals surface area (Å²) in [6.07, 6.45) is -0.0956. The number of ether oxygens (including phenoxy) is 4. The van der Waals surface area contributed by atoms with Crippen LogP contribution < -0.4 is 20.7 Å². The molecule has 0 aliphatic carbocycles. The van der Waals surface area contributed by atoms with E-state index in [4.69, 9.17) is 28.9 Å². The van der Waals surface area contributed by atoms with Crippen molar-refractivity contribution in [3.8, 4) is 11.5 Å². The Kier molecular flexibility index (Phi) is 11.0. The van der Waals surface area contributed by atoms with Gasteiger partial charge in [0.05, 0.1) is 33.5 Å². The van der Waals surface area contributed by atoms with Crippen LogP contribution in [0.4, 0.5) is 0 Å². The monoisotopic (exact) mass is 699 g/mol. The molecule has 0 radical (unpaired) electrons. The average molecular weight is 700 g/mol. The van der Waals surface area contributed by atoms with Crippen LogP contribution >= 0.6 is 0 Å². The maximum Gasteiger partial charge on any atom is 0.330 e. The van der Waals surface area contributed by atoms with Gasteiger partial charge in [-0.1, -0.05) is 80.5 Å². The second kappa shape index (κ2) is 15.1. The molecule has 1 saturated heterocycles. The van der Waals surface area contributed by atoms with Crippen molar-refractivity contribution in [3.05, 3.63) is 139 Å². The van der Waals surface area contributed by atoms with Crippen molar-refractivity contribution >= 4 is 8.32 Å². The molecule has 0 spiro atoms. The molecule has 5 rings (SSSR count). The van der Waals surface area contributed by atoms with Gasteiger partial charge in [0.2, 0.25) is 0 Å². The zero-order valence-electron chi connectivity index (χ0n) is 29.6. The summed E-state index contributed by atoms with van der Waals surface area (Å²) in [4.78, 5) is 30.7. The number of benzene rings is 3. The van der Waals surface area contributed by atoms with Crippen molar-refractivity contribution in [1.29, 1.82) is 0 Å². The Morgan fingerprint density at radius 1 is 0.920 bits per heavy atom. The number of H-pyrrole nitrogens is 1. The number of aromatic nitrogens is 2. The predicted octanol–water partition coefficient (Wildman–Crippen LogP) is 7.05. The Labute approximate surface area is 292 Å². The highest BCUT2D eigenvalue weighted by Gasteiger charge is 2.47. The SMILES string of the molecule is COc1ccc(C(OC[C@H]2O[C@@H](n3cc(CN=[N+]=[N-])c(=O)[nH]c3=O)C[C@@H]2O[Si](C)(C)C(C)(C)C)(c2ccccc2)c2ccc(OC)cc2)cc1. The van der Waals surface area contributed by atoms with Crippen LogP contribution in [-0.4, -0.2) is 50.9 Å². The summed E-state index contributed by atoms with van der Waals surface area (Å²) in [6, 6.07) is 25.5. The van der Waals surface area contributed by atoms with Crippen LogP contribution in [0.2, 0.25) is 18.1 Å². The lowest BCUT2D eigenvalue weighted by molar-refractivity contribution is -0.0928. The van der Waals surface area contributed by atoms with Crippen molar-refractivity contribution in [1.82, 2.24) is 9.55 Å². The highest BCUT2D eigenvalue weighted by molar-refractivity contribution is 6.74. The summed E-state index contributed by atoms with van der Waals surface area (Å²) in [7, 11) is 0.911. The number of hydrogen-bond acceptors (Lipinski definition) is 8. The van der Waals surface area contributed by atoms with E-state index in [2.05, 4.69) is 48.9 Å². The predicted molar refractivity (Wildman–Crippen MR) is 193 cm³/mol. The molecule has 264 valence electrons. The molecule has 4 aromatic rings. The third-order valence-electron chi connectivity index (χ3n) is 9.73. The van der Waals surface area contributed by atoms with Crippen molar-refractivity contribution in [2.75, 3.05) is 20.8 Å². The van der Waals surface area contributed by atoms with Gasteiger partial charge in [-0.05, 0) is 64.6 Å². The highest BCUT2D eigenvalue weighted by atomic mass is 28.4. The van der Waals surface area contributed by atoms with Crippen molar-refractivity contribution in [2.24, 2.45) is 5.11 Å². The van der Waals surface area contributed by atoms with Gasteiger partial charge >= 0.3 is 5.69 Å². The average Bonchev–Trinajstić information content (AvgIpc) is 3.49. The van der Waals surface area contributed by atoms with Crippen LogP contribution in [0.1, 0.15) is 55.7 Å². The van der Waals surface area contributed by atoms with E-state index in [1.807, 2.05) is 78.9 Å². The topological polar surface area (TPSA) is 150 Å². The van der Waals surface area contributed by atoms with E-state index >= 15 is 0 Å². The van der Waals surface area contributed by atoms with Gasteiger partial charge in [-0.15, -0.1) is 0 Å². The Morgan fingerprint density at radius 3 is 2.00 bits per heavy atom. The summed E-state index contributed by atoms with van der Waals surface area (Å²) in [5.74, 6) is 1.42. The van der Waals surface area contributed by atoms with Gasteiger partial charge < -0.3 is 23.4 Å². The number of rotatable bonds is 13. The smallest absolute Gasteiger partial charge is 0.330 e. The van der Waals surface area contributed by atoms with Gasteiger partial charge in [0.1, 0.15) is 29.4 Å². The summed E-state index contributed by atoms with van der Waals surface area (Å²) in [6.45, 7) is 10.7. The summed E-state index contributed by atoms with van der Waals surface area (Å²) >= 11 is 0. The van der Waals surface area contributed by atoms with E-state index in [0.717, 1.165) is 16.7 Å². The van der Waals surface area contributed by atoms with Crippen LogP contribution in [0.5, 0.6) is 11.5 Å². The second-order valence-electron chi connectivity index (χ2n) is 13.8. The normalized spacial score (nSPS) is 18.0. The van der Waals surface area contributed by atoms with Gasteiger partial charge in [-0.3, -0.25) is 14.3 Å². The fraction of sp³-hybridized carbons (Fsp3) is 0.405. The van der Waals surface area contributed by atoms with Gasteiger partial charge in [-0.2, -0.15) is 0 Å². The Morgan fingerprint density at radius 2 is 1.48 bits per heavy atom. The molecular weight excluding hydrogens is 655 g/mol. The number of azide groups is 1. The molecule has 0 bridgehead atoms. The fourth-order valence-electron chi connectivity index (χ4n) is 5.94. The van der Waals surface area contributed by atoms with E-state index < -0.39 is 43.6 Å². The molecule has 50 heavy (non-hydrogen) atoms. The largest absolute Gasteiger partial charge is 0.497 e. The molecule has 0 saturated carbocycles. The van der Waals surface area contributed by atoms with Crippen molar-refractivity contribution < 1.29 is 23.4 Å². The third-order valence-corrected chi connectivity index (χ3v) is 14.2. The number of aromatic amines is 1. The first-order valence-corrected chi connectivity index (χ1v) is 19.4. The minimum absolute atomic E-state index is 0.0897. The first kappa shape index (κ1) is 36.6. The number of nitrogens with zero attached hydrogens (tertiary/aromatic N) is 4. The van der Waals surface area contributed by atoms with Crippen LogP contribution in [0.15, 0.2) is 99.8 Å². The van der Waals surface area contributed by atoms with Crippen LogP contribution in [0.25, 0.3) is 10.4 Å². The molecule has 3 aromatic carbocycles. The quantitative estimate of drug-likeness (QED) is 0.0517.